The Labute approximate surface area is 115 Å². The highest BCUT2D eigenvalue weighted by Gasteiger charge is 2.09. The summed E-state index contributed by atoms with van der Waals surface area (Å²) in [6, 6.07) is 8.04. The van der Waals surface area contributed by atoms with Crippen LogP contribution in [0.2, 0.25) is 0 Å². The van der Waals surface area contributed by atoms with Gasteiger partial charge in [0.05, 0.1) is 0 Å². The Kier molecular flexibility index (Phi) is 3.98. The van der Waals surface area contributed by atoms with Crippen molar-refractivity contribution in [1.82, 2.24) is 0 Å². The maximum Gasteiger partial charge on any atom is 0.248 e. The zero-order valence-electron chi connectivity index (χ0n) is 10.8. The van der Waals surface area contributed by atoms with E-state index in [2.05, 4.69) is 0 Å². The lowest BCUT2D eigenvalue weighted by Gasteiger charge is -2.10. The van der Waals surface area contributed by atoms with Crippen molar-refractivity contribution in [2.24, 2.45) is 5.73 Å². The maximum absolute atomic E-state index is 13.7. The van der Waals surface area contributed by atoms with E-state index in [1.807, 2.05) is 0 Å². The van der Waals surface area contributed by atoms with Crippen LogP contribution in [0, 0.1) is 18.6 Å². The molecular formula is C15H13F2NO2. The normalized spacial score (nSPS) is 10.3. The second kappa shape index (κ2) is 5.69. The van der Waals surface area contributed by atoms with Gasteiger partial charge in [0.25, 0.3) is 0 Å². The number of carbonyl (C=O) groups excluding carboxylic acids is 1. The summed E-state index contributed by atoms with van der Waals surface area (Å²) in [5, 5.41) is 0. The summed E-state index contributed by atoms with van der Waals surface area (Å²) in [5.41, 5.74) is 6.16. The van der Waals surface area contributed by atoms with E-state index < -0.39 is 17.5 Å². The number of primary amides is 1. The average molecular weight is 277 g/mol. The summed E-state index contributed by atoms with van der Waals surface area (Å²) in [7, 11) is 0. The number of ether oxygens (including phenoxy) is 1. The summed E-state index contributed by atoms with van der Waals surface area (Å²) in [5.74, 6) is -1.36. The van der Waals surface area contributed by atoms with Crippen molar-refractivity contribution >= 4 is 5.91 Å². The van der Waals surface area contributed by atoms with Gasteiger partial charge in [-0.05, 0) is 30.7 Å². The fraction of sp³-hybridized carbons (Fsp3) is 0.133. The van der Waals surface area contributed by atoms with Crippen molar-refractivity contribution in [2.75, 3.05) is 0 Å². The number of hydrogen-bond acceptors (Lipinski definition) is 2. The molecule has 0 radical (unpaired) electrons. The molecule has 2 aromatic carbocycles. The Bertz CT molecular complexity index is 656. The fourth-order valence-electron chi connectivity index (χ4n) is 1.70. The quantitative estimate of drug-likeness (QED) is 0.934. The van der Waals surface area contributed by atoms with E-state index >= 15 is 0 Å². The van der Waals surface area contributed by atoms with Crippen LogP contribution < -0.4 is 10.5 Å². The molecule has 20 heavy (non-hydrogen) atoms. The number of aryl methyl sites for hydroxylation is 1. The van der Waals surface area contributed by atoms with Crippen molar-refractivity contribution in [3.63, 3.8) is 0 Å². The van der Waals surface area contributed by atoms with E-state index in [0.717, 1.165) is 11.6 Å². The van der Waals surface area contributed by atoms with Gasteiger partial charge in [-0.15, -0.1) is 0 Å². The highest BCUT2D eigenvalue weighted by molar-refractivity contribution is 5.92. The molecule has 2 rings (SSSR count). The molecule has 0 spiro atoms. The zero-order chi connectivity index (χ0) is 14.7. The number of carbonyl (C=O) groups is 1. The highest BCUT2D eigenvalue weighted by atomic mass is 19.1. The van der Waals surface area contributed by atoms with Crippen molar-refractivity contribution in [2.45, 2.75) is 13.5 Å². The third-order valence-corrected chi connectivity index (χ3v) is 2.87. The van der Waals surface area contributed by atoms with E-state index in [9.17, 15) is 13.6 Å². The van der Waals surface area contributed by atoms with Gasteiger partial charge >= 0.3 is 0 Å². The summed E-state index contributed by atoms with van der Waals surface area (Å²) in [4.78, 5) is 10.9. The molecule has 0 aliphatic rings. The third-order valence-electron chi connectivity index (χ3n) is 2.87. The first-order chi connectivity index (χ1) is 9.47. The lowest BCUT2D eigenvalue weighted by molar-refractivity contribution is 0.0999. The summed E-state index contributed by atoms with van der Waals surface area (Å²) in [6.45, 7) is 1.70. The van der Waals surface area contributed by atoms with Crippen LogP contribution in [0.1, 0.15) is 21.5 Å². The van der Waals surface area contributed by atoms with Gasteiger partial charge in [-0.25, -0.2) is 8.78 Å². The van der Waals surface area contributed by atoms with Crippen LogP contribution in [-0.4, -0.2) is 5.91 Å². The van der Waals surface area contributed by atoms with Gasteiger partial charge in [0.1, 0.15) is 24.0 Å². The number of halogens is 2. The molecule has 0 aliphatic heterocycles. The minimum atomic E-state index is -0.697. The second-order valence-corrected chi connectivity index (χ2v) is 4.37. The molecule has 2 aromatic rings. The summed E-state index contributed by atoms with van der Waals surface area (Å²) in [6.07, 6.45) is 0. The largest absolute Gasteiger partial charge is 0.488 e. The lowest BCUT2D eigenvalue weighted by atomic mass is 10.1. The van der Waals surface area contributed by atoms with E-state index in [1.165, 1.54) is 24.3 Å². The Hall–Kier alpha value is -2.43. The number of nitrogens with two attached hydrogens (primary N) is 1. The van der Waals surface area contributed by atoms with Gasteiger partial charge < -0.3 is 10.5 Å². The minimum Gasteiger partial charge on any atom is -0.488 e. The molecule has 104 valence electrons. The van der Waals surface area contributed by atoms with E-state index in [4.69, 9.17) is 10.5 Å². The molecular weight excluding hydrogens is 264 g/mol. The van der Waals surface area contributed by atoms with Crippen LogP contribution in [0.4, 0.5) is 8.78 Å². The molecule has 0 aliphatic carbocycles. The topological polar surface area (TPSA) is 52.3 Å². The predicted molar refractivity (Wildman–Crippen MR) is 70.4 cm³/mol. The molecule has 0 saturated heterocycles. The number of benzene rings is 2. The molecule has 3 nitrogen and oxygen atoms in total. The van der Waals surface area contributed by atoms with Gasteiger partial charge in [-0.2, -0.15) is 0 Å². The highest BCUT2D eigenvalue weighted by Crippen LogP contribution is 2.21. The van der Waals surface area contributed by atoms with Crippen LogP contribution in [0.15, 0.2) is 36.4 Å². The first-order valence-corrected chi connectivity index (χ1v) is 5.94. The number of rotatable bonds is 4. The smallest absolute Gasteiger partial charge is 0.248 e. The Balaban J connectivity index is 2.15. The van der Waals surface area contributed by atoms with Crippen molar-refractivity contribution < 1.29 is 18.3 Å². The summed E-state index contributed by atoms with van der Waals surface area (Å²) >= 11 is 0. The van der Waals surface area contributed by atoms with Crippen LogP contribution >= 0.6 is 0 Å². The van der Waals surface area contributed by atoms with Gasteiger partial charge in [-0.3, -0.25) is 4.79 Å². The standard InChI is InChI=1S/C15H13F2NO2/c1-9-2-5-12(16)7-14(9)20-8-11-4-3-10(15(18)19)6-13(11)17/h2-7H,8H2,1H3,(H2,18,19). The van der Waals surface area contributed by atoms with Crippen molar-refractivity contribution in [1.29, 1.82) is 0 Å². The van der Waals surface area contributed by atoms with E-state index in [-0.39, 0.29) is 17.7 Å². The fourth-order valence-corrected chi connectivity index (χ4v) is 1.70. The molecule has 0 heterocycles. The number of amides is 1. The molecule has 1 amide bonds. The maximum atomic E-state index is 13.7. The molecule has 0 saturated carbocycles. The van der Waals surface area contributed by atoms with Crippen LogP contribution in [0.3, 0.4) is 0 Å². The first-order valence-electron chi connectivity index (χ1n) is 5.94. The minimum absolute atomic E-state index is 0.0603. The predicted octanol–water partition coefficient (Wildman–Crippen LogP) is 2.95. The van der Waals surface area contributed by atoms with Gasteiger partial charge in [0.2, 0.25) is 5.91 Å². The summed E-state index contributed by atoms with van der Waals surface area (Å²) < 4.78 is 32.2. The average Bonchev–Trinajstić information content (AvgIpc) is 2.40. The SMILES string of the molecule is Cc1ccc(F)cc1OCc1ccc(C(N)=O)cc1F. The van der Waals surface area contributed by atoms with Gasteiger partial charge in [0.15, 0.2) is 0 Å². The lowest BCUT2D eigenvalue weighted by Crippen LogP contribution is -2.12. The van der Waals surface area contributed by atoms with Gasteiger partial charge in [-0.1, -0.05) is 12.1 Å². The van der Waals surface area contributed by atoms with Crippen molar-refractivity contribution in [3.05, 3.63) is 64.7 Å². The Morgan fingerprint density at radius 1 is 1.20 bits per heavy atom. The molecule has 0 aromatic heterocycles. The van der Waals surface area contributed by atoms with Gasteiger partial charge in [0, 0.05) is 17.2 Å². The Morgan fingerprint density at radius 3 is 2.60 bits per heavy atom. The molecule has 2 N–H and O–H groups in total. The van der Waals surface area contributed by atoms with E-state index in [1.54, 1.807) is 13.0 Å². The van der Waals surface area contributed by atoms with Crippen LogP contribution in [-0.2, 0) is 6.61 Å². The van der Waals surface area contributed by atoms with Crippen LogP contribution in [0.5, 0.6) is 5.75 Å². The van der Waals surface area contributed by atoms with E-state index in [0.29, 0.717) is 5.75 Å². The number of hydrogen-bond donors (Lipinski definition) is 1. The molecule has 0 atom stereocenters. The molecule has 0 unspecified atom stereocenters. The first kappa shape index (κ1) is 14.0. The molecule has 0 fully saturated rings. The third kappa shape index (κ3) is 3.12. The second-order valence-electron chi connectivity index (χ2n) is 4.37. The monoisotopic (exact) mass is 277 g/mol. The Morgan fingerprint density at radius 2 is 1.95 bits per heavy atom. The molecule has 5 heteroatoms. The molecule has 0 bridgehead atoms. The zero-order valence-corrected chi connectivity index (χ0v) is 10.8. The van der Waals surface area contributed by atoms with Crippen LogP contribution in [0.25, 0.3) is 0 Å². The van der Waals surface area contributed by atoms with Crippen molar-refractivity contribution in [3.8, 4) is 5.75 Å².